The van der Waals surface area contributed by atoms with Crippen LogP contribution in [0.2, 0.25) is 0 Å². The molecule has 0 spiro atoms. The smallest absolute Gasteiger partial charge is 0.376 e. The van der Waals surface area contributed by atoms with E-state index in [4.69, 9.17) is 0 Å². The van der Waals surface area contributed by atoms with Gasteiger partial charge in [0.1, 0.15) is 5.82 Å². The van der Waals surface area contributed by atoms with Gasteiger partial charge < -0.3 is 10.0 Å². The van der Waals surface area contributed by atoms with Crippen LogP contribution in [0, 0.1) is 5.82 Å². The summed E-state index contributed by atoms with van der Waals surface area (Å²) >= 11 is 4.29. The summed E-state index contributed by atoms with van der Waals surface area (Å²) in [7, 11) is -3.90. The molecule has 1 aliphatic rings. The Morgan fingerprint density at radius 2 is 1.59 bits per heavy atom. The Balaban J connectivity index is 1.67. The van der Waals surface area contributed by atoms with E-state index in [-0.39, 0.29) is 36.5 Å². The van der Waals surface area contributed by atoms with Gasteiger partial charge in [0.25, 0.3) is 0 Å². The first-order chi connectivity index (χ1) is 17.3. The van der Waals surface area contributed by atoms with Gasteiger partial charge in [-0.2, -0.15) is 17.5 Å². The Bertz CT molecular complexity index is 1360. The van der Waals surface area contributed by atoms with Crippen LogP contribution in [0.15, 0.2) is 82.6 Å². The second kappa shape index (κ2) is 10.3. The molecule has 0 amide bonds. The highest BCUT2D eigenvalue weighted by Crippen LogP contribution is 2.39. The van der Waals surface area contributed by atoms with E-state index in [0.717, 1.165) is 0 Å². The predicted molar refractivity (Wildman–Crippen MR) is 136 cm³/mol. The van der Waals surface area contributed by atoms with Crippen LogP contribution in [-0.4, -0.2) is 49.7 Å². The van der Waals surface area contributed by atoms with Crippen molar-refractivity contribution in [2.75, 3.05) is 24.5 Å². The fourth-order valence-corrected chi connectivity index (χ4v) is 6.49. The van der Waals surface area contributed by atoms with Crippen LogP contribution in [0.25, 0.3) is 0 Å². The van der Waals surface area contributed by atoms with Gasteiger partial charge in [-0.25, -0.2) is 12.8 Å². The van der Waals surface area contributed by atoms with E-state index in [0.29, 0.717) is 23.1 Å². The van der Waals surface area contributed by atoms with Gasteiger partial charge in [-0.1, -0.05) is 42.5 Å². The zero-order valence-electron chi connectivity index (χ0n) is 19.9. The fraction of sp³-hybridized carbons (Fsp3) is 0.308. The number of alkyl halides is 3. The molecule has 37 heavy (non-hydrogen) atoms. The van der Waals surface area contributed by atoms with E-state index in [2.05, 4.69) is 12.6 Å². The maximum Gasteiger partial charge on any atom is 0.421 e. The third-order valence-electron chi connectivity index (χ3n) is 6.65. The van der Waals surface area contributed by atoms with Crippen LogP contribution in [0.3, 0.4) is 0 Å². The number of rotatable bonds is 6. The van der Waals surface area contributed by atoms with E-state index in [1.54, 1.807) is 36.4 Å². The summed E-state index contributed by atoms with van der Waals surface area (Å²) in [5.74, 6) is -0.431. The highest BCUT2D eigenvalue weighted by molar-refractivity contribution is 7.90. The zero-order chi connectivity index (χ0) is 27.0. The second-order valence-electron chi connectivity index (χ2n) is 9.09. The van der Waals surface area contributed by atoms with Crippen LogP contribution >= 0.6 is 12.6 Å². The Morgan fingerprint density at radius 3 is 2.22 bits per heavy atom. The molecule has 2 atom stereocenters. The lowest BCUT2D eigenvalue weighted by Gasteiger charge is -2.42. The Kier molecular flexibility index (Phi) is 7.62. The van der Waals surface area contributed by atoms with Crippen LogP contribution in [0.1, 0.15) is 18.1 Å². The van der Waals surface area contributed by atoms with Crippen molar-refractivity contribution in [3.05, 3.63) is 89.7 Å². The van der Waals surface area contributed by atoms with Crippen LogP contribution in [0.5, 0.6) is 0 Å². The summed E-state index contributed by atoms with van der Waals surface area (Å²) in [6, 6.07) is 17.3. The molecule has 0 bridgehead atoms. The van der Waals surface area contributed by atoms with Crippen molar-refractivity contribution < 1.29 is 31.1 Å². The Labute approximate surface area is 218 Å². The fourth-order valence-electron chi connectivity index (χ4n) is 4.43. The minimum atomic E-state index is -4.86. The standard InChI is InChI=1S/C26H26F4N2O3S2/c1-25(33,26(28,29)30)19-10-12-20(13-11-19)32-15-14-31(37(34,35)24-9-5-4-8-23(24)36)17-21(32)16-18-6-2-3-7-22(18)27/h2-13,21,33,36H,14-17H2,1H3/t21-,25+/m0/s1. The Morgan fingerprint density at radius 1 is 0.973 bits per heavy atom. The number of nitrogens with zero attached hydrogens (tertiary/aromatic N) is 2. The lowest BCUT2D eigenvalue weighted by atomic mass is 9.94. The van der Waals surface area contributed by atoms with Gasteiger partial charge in [0.05, 0.1) is 4.90 Å². The van der Waals surface area contributed by atoms with Crippen molar-refractivity contribution in [3.8, 4) is 0 Å². The van der Waals surface area contributed by atoms with Crippen molar-refractivity contribution in [1.82, 2.24) is 4.31 Å². The molecule has 0 unspecified atom stereocenters. The van der Waals surface area contributed by atoms with Gasteiger partial charge in [0, 0.05) is 36.3 Å². The monoisotopic (exact) mass is 554 g/mol. The molecule has 3 aromatic rings. The van der Waals surface area contributed by atoms with Crippen LogP contribution < -0.4 is 4.90 Å². The molecule has 1 aliphatic heterocycles. The SMILES string of the molecule is C[C@@](O)(c1ccc(N2CCN(S(=O)(=O)c3ccccc3S)C[C@@H]2Cc2ccccc2F)cc1)C(F)(F)F. The van der Waals surface area contributed by atoms with Crippen molar-refractivity contribution in [1.29, 1.82) is 0 Å². The average Bonchev–Trinajstić information content (AvgIpc) is 2.85. The normalized spacial score (nSPS) is 19.0. The molecule has 1 N–H and O–H groups in total. The summed E-state index contributed by atoms with van der Waals surface area (Å²) in [5.41, 5.74) is -2.41. The van der Waals surface area contributed by atoms with Crippen molar-refractivity contribution >= 4 is 28.3 Å². The van der Waals surface area contributed by atoms with E-state index in [1.807, 2.05) is 4.90 Å². The third-order valence-corrected chi connectivity index (χ3v) is 9.12. The molecule has 1 fully saturated rings. The second-order valence-corrected chi connectivity index (χ2v) is 11.5. The first-order valence-corrected chi connectivity index (χ1v) is 13.4. The number of piperazine rings is 1. The van der Waals surface area contributed by atoms with Gasteiger partial charge >= 0.3 is 6.18 Å². The highest BCUT2D eigenvalue weighted by Gasteiger charge is 2.51. The van der Waals surface area contributed by atoms with Gasteiger partial charge in [0.15, 0.2) is 5.60 Å². The van der Waals surface area contributed by atoms with Gasteiger partial charge in [-0.3, -0.25) is 0 Å². The van der Waals surface area contributed by atoms with Crippen LogP contribution in [0.4, 0.5) is 23.2 Å². The minimum Gasteiger partial charge on any atom is -0.376 e. The number of hydrogen-bond donors (Lipinski definition) is 2. The molecule has 3 aromatic carbocycles. The molecule has 0 saturated carbocycles. The molecular formula is C26H26F4N2O3S2. The summed E-state index contributed by atoms with van der Waals surface area (Å²) in [6.45, 7) is 1.05. The van der Waals surface area contributed by atoms with E-state index in [1.165, 1.54) is 40.7 Å². The number of aliphatic hydroxyl groups is 1. The quantitative estimate of drug-likeness (QED) is 0.333. The lowest BCUT2D eigenvalue weighted by Crippen LogP contribution is -2.55. The van der Waals surface area contributed by atoms with Gasteiger partial charge in [-0.05, 0) is 54.8 Å². The third kappa shape index (κ3) is 5.50. The molecule has 1 saturated heterocycles. The van der Waals surface area contributed by atoms with E-state index < -0.39 is 33.7 Å². The largest absolute Gasteiger partial charge is 0.421 e. The summed E-state index contributed by atoms with van der Waals surface area (Å²) < 4.78 is 82.5. The number of thiol groups is 1. The van der Waals surface area contributed by atoms with Gasteiger partial charge in [-0.15, -0.1) is 12.6 Å². The summed E-state index contributed by atoms with van der Waals surface area (Å²) in [6.07, 6.45) is -4.69. The Hall–Kier alpha value is -2.60. The predicted octanol–water partition coefficient (Wildman–Crippen LogP) is 5.01. The molecule has 198 valence electrons. The van der Waals surface area contributed by atoms with Crippen molar-refractivity contribution in [3.63, 3.8) is 0 Å². The molecule has 1 heterocycles. The molecule has 0 aromatic heterocycles. The maximum absolute atomic E-state index is 14.5. The first kappa shape index (κ1) is 27.4. The average molecular weight is 555 g/mol. The van der Waals surface area contributed by atoms with Gasteiger partial charge in [0.2, 0.25) is 10.0 Å². The molecule has 0 aliphatic carbocycles. The number of sulfonamides is 1. The number of anilines is 1. The van der Waals surface area contributed by atoms with E-state index in [9.17, 15) is 31.1 Å². The molecule has 4 rings (SSSR count). The summed E-state index contributed by atoms with van der Waals surface area (Å²) in [5, 5.41) is 10.00. The summed E-state index contributed by atoms with van der Waals surface area (Å²) in [4.78, 5) is 2.23. The minimum absolute atomic E-state index is 0.0286. The molecule has 0 radical (unpaired) electrons. The number of benzene rings is 3. The van der Waals surface area contributed by atoms with Crippen molar-refractivity contribution in [2.24, 2.45) is 0 Å². The highest BCUT2D eigenvalue weighted by atomic mass is 32.2. The molecular weight excluding hydrogens is 528 g/mol. The first-order valence-electron chi connectivity index (χ1n) is 11.5. The van der Waals surface area contributed by atoms with Crippen molar-refractivity contribution in [2.45, 2.75) is 41.0 Å². The topological polar surface area (TPSA) is 60.9 Å². The maximum atomic E-state index is 14.5. The molecule has 11 heteroatoms. The molecule has 5 nitrogen and oxygen atoms in total. The van der Waals surface area contributed by atoms with E-state index >= 15 is 0 Å². The van der Waals surface area contributed by atoms with Crippen LogP contribution in [-0.2, 0) is 22.0 Å². The number of hydrogen-bond acceptors (Lipinski definition) is 5. The zero-order valence-corrected chi connectivity index (χ0v) is 21.6. The lowest BCUT2D eigenvalue weighted by molar-refractivity contribution is -0.258. The number of halogens is 4.